The average Bonchev–Trinajstić information content (AvgIpc) is 3.32. The Labute approximate surface area is 170 Å². The van der Waals surface area contributed by atoms with Crippen LogP contribution in [0.2, 0.25) is 10.0 Å². The summed E-state index contributed by atoms with van der Waals surface area (Å²) >= 11 is 14.1. The van der Waals surface area contributed by atoms with E-state index in [0.717, 1.165) is 28.3 Å². The van der Waals surface area contributed by atoms with Gasteiger partial charge in [0, 0.05) is 22.0 Å². The molecule has 1 N–H and O–H groups in total. The van der Waals surface area contributed by atoms with Crippen LogP contribution in [0.5, 0.6) is 11.5 Å². The molecule has 0 amide bonds. The molecule has 3 heterocycles. The van der Waals surface area contributed by atoms with Crippen LogP contribution in [0, 0.1) is 0 Å². The van der Waals surface area contributed by atoms with Crippen molar-refractivity contribution in [2.75, 3.05) is 0 Å². The second-order valence-corrected chi connectivity index (χ2v) is 8.30. The van der Waals surface area contributed by atoms with E-state index in [4.69, 9.17) is 33.0 Å². The van der Waals surface area contributed by atoms with E-state index >= 15 is 0 Å². The van der Waals surface area contributed by atoms with Gasteiger partial charge in [0.1, 0.15) is 11.5 Å². The SMILES string of the molecule is Oc1ccc(Cl)cc1[C@@H]1Oc2ccc(Cl)cc2[C@@H]2CC(c3cccs3)=NN21. The van der Waals surface area contributed by atoms with Gasteiger partial charge in [-0.25, -0.2) is 5.01 Å². The normalized spacial score (nSPS) is 20.7. The van der Waals surface area contributed by atoms with Crippen LogP contribution in [0.3, 0.4) is 0 Å². The molecule has 5 rings (SSSR count). The fraction of sp³-hybridized carbons (Fsp3) is 0.150. The molecule has 1 aromatic heterocycles. The number of rotatable bonds is 2. The molecule has 136 valence electrons. The Morgan fingerprint density at radius 1 is 1.07 bits per heavy atom. The van der Waals surface area contributed by atoms with Crippen LogP contribution in [0.25, 0.3) is 0 Å². The predicted octanol–water partition coefficient (Wildman–Crippen LogP) is 6.00. The average molecular weight is 417 g/mol. The lowest BCUT2D eigenvalue weighted by atomic mass is 9.97. The Hall–Kier alpha value is -2.21. The third-order valence-electron chi connectivity index (χ3n) is 4.81. The second kappa shape index (κ2) is 6.44. The van der Waals surface area contributed by atoms with Crippen LogP contribution in [-0.4, -0.2) is 15.8 Å². The number of aromatic hydroxyl groups is 1. The molecule has 0 spiro atoms. The fourth-order valence-corrected chi connectivity index (χ4v) is 4.66. The molecular weight excluding hydrogens is 403 g/mol. The summed E-state index contributed by atoms with van der Waals surface area (Å²) in [5.74, 6) is 0.869. The Morgan fingerprint density at radius 2 is 1.85 bits per heavy atom. The standard InChI is InChI=1S/C20H14Cl2N2O2S/c21-11-3-5-17(25)14(9-11)20-24-16(10-15(23-24)19-2-1-7-27-19)13-8-12(22)4-6-18(13)26-20/h1-9,16,20,25H,10H2/t16-,20-/m0/s1. The second-order valence-electron chi connectivity index (χ2n) is 6.48. The molecule has 0 saturated carbocycles. The Balaban J connectivity index is 1.65. The van der Waals surface area contributed by atoms with Gasteiger partial charge in [0.15, 0.2) is 0 Å². The van der Waals surface area contributed by atoms with Crippen molar-refractivity contribution in [1.82, 2.24) is 5.01 Å². The zero-order chi connectivity index (χ0) is 18.5. The van der Waals surface area contributed by atoms with Crippen molar-refractivity contribution in [3.63, 3.8) is 0 Å². The molecule has 0 radical (unpaired) electrons. The number of hydrogen-bond donors (Lipinski definition) is 1. The molecule has 2 aliphatic heterocycles. The number of ether oxygens (including phenoxy) is 1. The van der Waals surface area contributed by atoms with E-state index in [-0.39, 0.29) is 11.8 Å². The van der Waals surface area contributed by atoms with E-state index < -0.39 is 6.23 Å². The van der Waals surface area contributed by atoms with Crippen LogP contribution >= 0.6 is 34.5 Å². The Bertz CT molecular complexity index is 1050. The first-order valence-corrected chi connectivity index (χ1v) is 10.1. The highest BCUT2D eigenvalue weighted by Gasteiger charge is 2.42. The highest BCUT2D eigenvalue weighted by molar-refractivity contribution is 7.12. The zero-order valence-corrected chi connectivity index (χ0v) is 16.3. The van der Waals surface area contributed by atoms with Crippen LogP contribution < -0.4 is 4.74 Å². The first-order valence-electron chi connectivity index (χ1n) is 8.44. The maximum absolute atomic E-state index is 10.4. The molecule has 3 aromatic rings. The number of thiophene rings is 1. The van der Waals surface area contributed by atoms with E-state index in [9.17, 15) is 5.11 Å². The lowest BCUT2D eigenvalue weighted by molar-refractivity contribution is -0.0203. The molecular formula is C20H14Cl2N2O2S. The largest absolute Gasteiger partial charge is 0.507 e. The van der Waals surface area contributed by atoms with Crippen molar-refractivity contribution in [3.05, 3.63) is 80.0 Å². The first kappa shape index (κ1) is 16.9. The minimum atomic E-state index is -0.570. The monoisotopic (exact) mass is 416 g/mol. The summed E-state index contributed by atoms with van der Waals surface area (Å²) in [7, 11) is 0. The maximum atomic E-state index is 10.4. The number of nitrogens with zero attached hydrogens (tertiary/aromatic N) is 2. The quantitative estimate of drug-likeness (QED) is 0.556. The lowest BCUT2D eigenvalue weighted by Crippen LogP contribution is -2.33. The van der Waals surface area contributed by atoms with E-state index in [1.54, 1.807) is 35.6 Å². The molecule has 2 aromatic carbocycles. The van der Waals surface area contributed by atoms with Crippen molar-refractivity contribution < 1.29 is 9.84 Å². The summed E-state index contributed by atoms with van der Waals surface area (Å²) < 4.78 is 6.23. The highest BCUT2D eigenvalue weighted by atomic mass is 35.5. The van der Waals surface area contributed by atoms with Crippen molar-refractivity contribution >= 4 is 40.3 Å². The number of phenolic OH excluding ortho intramolecular Hbond substituents is 1. The van der Waals surface area contributed by atoms with Gasteiger partial charge in [-0.15, -0.1) is 11.3 Å². The summed E-state index contributed by atoms with van der Waals surface area (Å²) in [5, 5.41) is 20.4. The van der Waals surface area contributed by atoms with Gasteiger partial charge in [-0.2, -0.15) is 5.10 Å². The van der Waals surface area contributed by atoms with Gasteiger partial charge in [-0.1, -0.05) is 29.3 Å². The predicted molar refractivity (Wildman–Crippen MR) is 108 cm³/mol. The zero-order valence-electron chi connectivity index (χ0n) is 14.0. The van der Waals surface area contributed by atoms with Crippen LogP contribution in [0.4, 0.5) is 0 Å². The maximum Gasteiger partial charge on any atom is 0.217 e. The molecule has 27 heavy (non-hydrogen) atoms. The molecule has 0 saturated heterocycles. The third kappa shape index (κ3) is 2.87. The van der Waals surface area contributed by atoms with Gasteiger partial charge in [-0.05, 0) is 47.8 Å². The molecule has 2 atom stereocenters. The minimum Gasteiger partial charge on any atom is -0.507 e. The first-order chi connectivity index (χ1) is 13.1. The number of fused-ring (bicyclic) bond motifs is 3. The van der Waals surface area contributed by atoms with Crippen molar-refractivity contribution in [1.29, 1.82) is 0 Å². The Kier molecular flexibility index (Phi) is 4.04. The van der Waals surface area contributed by atoms with Gasteiger partial charge < -0.3 is 9.84 Å². The van der Waals surface area contributed by atoms with Gasteiger partial charge in [-0.3, -0.25) is 0 Å². The van der Waals surface area contributed by atoms with Crippen molar-refractivity contribution in [3.8, 4) is 11.5 Å². The molecule has 0 fully saturated rings. The number of halogens is 2. The van der Waals surface area contributed by atoms with Gasteiger partial charge >= 0.3 is 0 Å². The minimum absolute atomic E-state index is 0.0204. The van der Waals surface area contributed by atoms with Gasteiger partial charge in [0.2, 0.25) is 6.23 Å². The van der Waals surface area contributed by atoms with E-state index in [1.807, 2.05) is 28.6 Å². The van der Waals surface area contributed by atoms with E-state index in [2.05, 4.69) is 6.07 Å². The smallest absolute Gasteiger partial charge is 0.217 e. The van der Waals surface area contributed by atoms with Crippen molar-refractivity contribution in [2.24, 2.45) is 5.10 Å². The van der Waals surface area contributed by atoms with Crippen LogP contribution in [-0.2, 0) is 0 Å². The number of hydrogen-bond acceptors (Lipinski definition) is 5. The summed E-state index contributed by atoms with van der Waals surface area (Å²) in [6.45, 7) is 0. The van der Waals surface area contributed by atoms with E-state index in [0.29, 0.717) is 15.6 Å². The summed E-state index contributed by atoms with van der Waals surface area (Å²) in [6, 6.07) is 14.6. The van der Waals surface area contributed by atoms with Gasteiger partial charge in [0.05, 0.1) is 22.2 Å². The summed E-state index contributed by atoms with van der Waals surface area (Å²) in [5.41, 5.74) is 2.58. The number of hydrazone groups is 1. The van der Waals surface area contributed by atoms with Crippen LogP contribution in [0.15, 0.2) is 59.0 Å². The van der Waals surface area contributed by atoms with E-state index in [1.165, 1.54) is 0 Å². The molecule has 2 aliphatic rings. The summed E-state index contributed by atoms with van der Waals surface area (Å²) in [6.07, 6.45) is 0.175. The topological polar surface area (TPSA) is 45.1 Å². The number of phenols is 1. The Morgan fingerprint density at radius 3 is 2.63 bits per heavy atom. The highest BCUT2D eigenvalue weighted by Crippen LogP contribution is 2.49. The summed E-state index contributed by atoms with van der Waals surface area (Å²) in [4.78, 5) is 1.13. The molecule has 0 aliphatic carbocycles. The molecule has 4 nitrogen and oxygen atoms in total. The van der Waals surface area contributed by atoms with Gasteiger partial charge in [0.25, 0.3) is 0 Å². The molecule has 0 unspecified atom stereocenters. The molecule has 0 bridgehead atoms. The molecule has 7 heteroatoms. The van der Waals surface area contributed by atoms with Crippen molar-refractivity contribution in [2.45, 2.75) is 18.7 Å². The number of benzene rings is 2. The lowest BCUT2D eigenvalue weighted by Gasteiger charge is -2.38. The fourth-order valence-electron chi connectivity index (χ4n) is 3.58. The third-order valence-corrected chi connectivity index (χ3v) is 6.20. The van der Waals surface area contributed by atoms with Crippen LogP contribution in [0.1, 0.15) is 34.7 Å².